The highest BCUT2D eigenvalue weighted by atomic mass is 32.2. The molecule has 1 unspecified atom stereocenters. The van der Waals surface area contributed by atoms with Gasteiger partial charge in [0, 0.05) is 12.0 Å². The summed E-state index contributed by atoms with van der Waals surface area (Å²) in [7, 11) is -2.86. The number of rotatable bonds is 4. The van der Waals surface area contributed by atoms with Crippen LogP contribution in [0.4, 0.5) is 0 Å². The van der Waals surface area contributed by atoms with Crippen LogP contribution in [-0.4, -0.2) is 55.7 Å². The first-order valence-electron chi connectivity index (χ1n) is 8.16. The Bertz CT molecular complexity index is 592. The van der Waals surface area contributed by atoms with Gasteiger partial charge in [-0.05, 0) is 44.3 Å². The van der Waals surface area contributed by atoms with E-state index in [1.807, 2.05) is 18.2 Å². The van der Waals surface area contributed by atoms with Crippen LogP contribution in [0.15, 0.2) is 30.3 Å². The van der Waals surface area contributed by atoms with Gasteiger partial charge in [-0.1, -0.05) is 30.3 Å². The second-order valence-electron chi connectivity index (χ2n) is 6.74. The Hall–Kier alpha value is -0.910. The van der Waals surface area contributed by atoms with Crippen molar-refractivity contribution in [2.75, 3.05) is 32.0 Å². The standard InChI is InChI=1S/C17H25NO3S/c19-14-17(15-5-2-1-3-6-15)8-10-18(11-9-17)13-16-7-4-12-22(16,20)21/h1-3,5-6,16,19H,4,7-14H2. The Morgan fingerprint density at radius 1 is 1.18 bits per heavy atom. The van der Waals surface area contributed by atoms with Crippen LogP contribution in [0.3, 0.4) is 0 Å². The minimum Gasteiger partial charge on any atom is -0.395 e. The molecule has 1 atom stereocenters. The quantitative estimate of drug-likeness (QED) is 0.914. The van der Waals surface area contributed by atoms with Gasteiger partial charge in [-0.2, -0.15) is 0 Å². The molecule has 0 aromatic heterocycles. The van der Waals surface area contributed by atoms with Crippen molar-refractivity contribution in [2.24, 2.45) is 0 Å². The van der Waals surface area contributed by atoms with Gasteiger partial charge >= 0.3 is 0 Å². The van der Waals surface area contributed by atoms with Gasteiger partial charge in [-0.15, -0.1) is 0 Å². The van der Waals surface area contributed by atoms with Gasteiger partial charge in [0.15, 0.2) is 9.84 Å². The molecule has 2 aliphatic rings. The van der Waals surface area contributed by atoms with Crippen molar-refractivity contribution < 1.29 is 13.5 Å². The number of aliphatic hydroxyl groups excluding tert-OH is 1. The highest BCUT2D eigenvalue weighted by molar-refractivity contribution is 7.92. The first-order chi connectivity index (χ1) is 10.6. The molecule has 1 aromatic carbocycles. The number of sulfone groups is 1. The molecule has 2 aliphatic heterocycles. The van der Waals surface area contributed by atoms with E-state index in [1.54, 1.807) is 0 Å². The van der Waals surface area contributed by atoms with E-state index in [0.717, 1.165) is 38.8 Å². The molecule has 0 amide bonds. The number of nitrogens with zero attached hydrogens (tertiary/aromatic N) is 1. The van der Waals surface area contributed by atoms with E-state index >= 15 is 0 Å². The topological polar surface area (TPSA) is 57.6 Å². The molecule has 0 spiro atoms. The SMILES string of the molecule is O=S1(=O)CCCC1CN1CCC(CO)(c2ccccc2)CC1. The van der Waals surface area contributed by atoms with Crippen molar-refractivity contribution in [3.8, 4) is 0 Å². The lowest BCUT2D eigenvalue weighted by Gasteiger charge is -2.41. The smallest absolute Gasteiger partial charge is 0.154 e. The molecule has 122 valence electrons. The number of benzene rings is 1. The fourth-order valence-corrected chi connectivity index (χ4v) is 5.71. The Kier molecular flexibility index (Phi) is 4.57. The normalized spacial score (nSPS) is 27.8. The van der Waals surface area contributed by atoms with Crippen LogP contribution >= 0.6 is 0 Å². The lowest BCUT2D eigenvalue weighted by atomic mass is 9.73. The zero-order valence-electron chi connectivity index (χ0n) is 12.9. The van der Waals surface area contributed by atoms with Crippen LogP contribution in [0.1, 0.15) is 31.2 Å². The molecule has 0 bridgehead atoms. The van der Waals surface area contributed by atoms with E-state index in [-0.39, 0.29) is 17.3 Å². The summed E-state index contributed by atoms with van der Waals surface area (Å²) in [6, 6.07) is 10.2. The molecule has 2 heterocycles. The first kappa shape index (κ1) is 16.0. The predicted molar refractivity (Wildman–Crippen MR) is 87.7 cm³/mol. The van der Waals surface area contributed by atoms with Crippen molar-refractivity contribution in [3.63, 3.8) is 0 Å². The summed E-state index contributed by atoms with van der Waals surface area (Å²) in [4.78, 5) is 2.27. The largest absolute Gasteiger partial charge is 0.395 e. The Labute approximate surface area is 133 Å². The molecule has 0 aliphatic carbocycles. The minimum atomic E-state index is -2.86. The van der Waals surface area contributed by atoms with E-state index < -0.39 is 9.84 Å². The summed E-state index contributed by atoms with van der Waals surface area (Å²) >= 11 is 0. The maximum atomic E-state index is 12.0. The van der Waals surface area contributed by atoms with Gasteiger partial charge in [0.05, 0.1) is 17.6 Å². The third-order valence-electron chi connectivity index (χ3n) is 5.43. The van der Waals surface area contributed by atoms with Gasteiger partial charge in [0.2, 0.25) is 0 Å². The monoisotopic (exact) mass is 323 g/mol. The first-order valence-corrected chi connectivity index (χ1v) is 9.88. The third kappa shape index (κ3) is 3.07. The summed E-state index contributed by atoms with van der Waals surface area (Å²) in [5, 5.41) is 9.76. The molecule has 2 saturated heterocycles. The molecule has 5 heteroatoms. The number of piperidine rings is 1. The van der Waals surface area contributed by atoms with E-state index in [9.17, 15) is 13.5 Å². The zero-order valence-corrected chi connectivity index (χ0v) is 13.8. The van der Waals surface area contributed by atoms with Crippen molar-refractivity contribution in [2.45, 2.75) is 36.3 Å². The van der Waals surface area contributed by atoms with Gasteiger partial charge in [0.25, 0.3) is 0 Å². The van der Waals surface area contributed by atoms with Crippen LogP contribution in [0.5, 0.6) is 0 Å². The predicted octanol–water partition coefficient (Wildman–Crippen LogP) is 1.59. The minimum absolute atomic E-state index is 0.159. The highest BCUT2D eigenvalue weighted by Crippen LogP contribution is 2.35. The summed E-state index contributed by atoms with van der Waals surface area (Å²) in [6.07, 6.45) is 3.40. The average Bonchev–Trinajstić information content (AvgIpc) is 2.88. The third-order valence-corrected chi connectivity index (χ3v) is 7.68. The van der Waals surface area contributed by atoms with E-state index in [1.165, 1.54) is 5.56 Å². The van der Waals surface area contributed by atoms with E-state index in [0.29, 0.717) is 12.3 Å². The van der Waals surface area contributed by atoms with Gasteiger partial charge in [-0.25, -0.2) is 8.42 Å². The maximum Gasteiger partial charge on any atom is 0.154 e. The van der Waals surface area contributed by atoms with Gasteiger partial charge in [0.1, 0.15) is 0 Å². The number of hydrogen-bond donors (Lipinski definition) is 1. The summed E-state index contributed by atoms with van der Waals surface area (Å²) < 4.78 is 23.9. The highest BCUT2D eigenvalue weighted by Gasteiger charge is 2.38. The molecule has 0 radical (unpaired) electrons. The fraction of sp³-hybridized carbons (Fsp3) is 0.647. The van der Waals surface area contributed by atoms with Crippen molar-refractivity contribution in [3.05, 3.63) is 35.9 Å². The Balaban J connectivity index is 1.64. The van der Waals surface area contributed by atoms with Crippen LogP contribution in [-0.2, 0) is 15.3 Å². The average molecular weight is 323 g/mol. The lowest BCUT2D eigenvalue weighted by molar-refractivity contribution is 0.101. The number of aliphatic hydroxyl groups is 1. The van der Waals surface area contributed by atoms with Gasteiger partial charge in [-0.3, -0.25) is 0 Å². The molecule has 1 N–H and O–H groups in total. The summed E-state index contributed by atoms with van der Waals surface area (Å²) in [5.74, 6) is 0.357. The molecular formula is C17H25NO3S. The van der Waals surface area contributed by atoms with Crippen molar-refractivity contribution in [1.29, 1.82) is 0 Å². The molecule has 4 nitrogen and oxygen atoms in total. The molecule has 2 fully saturated rings. The summed E-state index contributed by atoms with van der Waals surface area (Å²) in [6.45, 7) is 2.55. The molecule has 3 rings (SSSR count). The van der Waals surface area contributed by atoms with Crippen molar-refractivity contribution in [1.82, 2.24) is 4.90 Å². The number of likely N-dealkylation sites (tertiary alicyclic amines) is 1. The van der Waals surface area contributed by atoms with E-state index in [4.69, 9.17) is 0 Å². The second-order valence-corrected chi connectivity index (χ2v) is 9.14. The van der Waals surface area contributed by atoms with Crippen LogP contribution in [0, 0.1) is 0 Å². The van der Waals surface area contributed by atoms with Crippen LogP contribution in [0.25, 0.3) is 0 Å². The molecular weight excluding hydrogens is 298 g/mol. The van der Waals surface area contributed by atoms with Crippen LogP contribution < -0.4 is 0 Å². The maximum absolute atomic E-state index is 12.0. The Morgan fingerprint density at radius 2 is 1.86 bits per heavy atom. The molecule has 0 saturated carbocycles. The lowest BCUT2D eigenvalue weighted by Crippen LogP contribution is -2.47. The Morgan fingerprint density at radius 3 is 2.41 bits per heavy atom. The van der Waals surface area contributed by atoms with Crippen LogP contribution in [0.2, 0.25) is 0 Å². The van der Waals surface area contributed by atoms with E-state index in [2.05, 4.69) is 17.0 Å². The van der Waals surface area contributed by atoms with Crippen molar-refractivity contribution >= 4 is 9.84 Å². The number of hydrogen-bond acceptors (Lipinski definition) is 4. The molecule has 22 heavy (non-hydrogen) atoms. The fourth-order valence-electron chi connectivity index (χ4n) is 3.84. The second kappa shape index (κ2) is 6.30. The molecule has 1 aromatic rings. The zero-order chi connectivity index (χ0) is 15.6. The van der Waals surface area contributed by atoms with Gasteiger partial charge < -0.3 is 10.0 Å². The summed E-state index contributed by atoms with van der Waals surface area (Å²) in [5.41, 5.74) is 1.04.